The highest BCUT2D eigenvalue weighted by Gasteiger charge is 2.21. The van der Waals surface area contributed by atoms with Gasteiger partial charge in [0, 0.05) is 29.2 Å². The standard InChI is InChI=1S/C38H27N5/c1-2-14-28(15-3-1)43(37-24-6-4-16-29(37)31-20-12-22-35(41-31)33-18-8-10-26-39-33)38-25-7-5-17-30(38)32-21-13-23-36(42-32)34-19-9-11-27-40-34/h1-27H. The normalized spacial score (nSPS) is 10.8. The number of hydrogen-bond donors (Lipinski definition) is 0. The van der Waals surface area contributed by atoms with Gasteiger partial charge in [-0.2, -0.15) is 0 Å². The van der Waals surface area contributed by atoms with E-state index in [0.717, 1.165) is 62.4 Å². The maximum Gasteiger partial charge on any atom is 0.0893 e. The molecule has 0 N–H and O–H groups in total. The fourth-order valence-corrected chi connectivity index (χ4v) is 5.24. The zero-order valence-corrected chi connectivity index (χ0v) is 23.3. The molecule has 43 heavy (non-hydrogen) atoms. The summed E-state index contributed by atoms with van der Waals surface area (Å²) in [5, 5.41) is 0. The van der Waals surface area contributed by atoms with E-state index in [4.69, 9.17) is 9.97 Å². The Morgan fingerprint density at radius 3 is 1.23 bits per heavy atom. The van der Waals surface area contributed by atoms with Gasteiger partial charge in [0.2, 0.25) is 0 Å². The molecule has 0 atom stereocenters. The predicted molar refractivity (Wildman–Crippen MR) is 174 cm³/mol. The van der Waals surface area contributed by atoms with Gasteiger partial charge in [-0.1, -0.05) is 78.9 Å². The van der Waals surface area contributed by atoms with Gasteiger partial charge in [0.25, 0.3) is 0 Å². The van der Waals surface area contributed by atoms with Crippen LogP contribution >= 0.6 is 0 Å². The van der Waals surface area contributed by atoms with Crippen molar-refractivity contribution in [3.8, 4) is 45.3 Å². The SMILES string of the molecule is c1ccc(N(c2ccccc2-c2cccc(-c3ccccn3)n2)c2ccccc2-c2cccc(-c3ccccn3)n2)cc1. The number of aromatic nitrogens is 4. The van der Waals surface area contributed by atoms with E-state index in [1.54, 1.807) is 12.4 Å². The van der Waals surface area contributed by atoms with Crippen molar-refractivity contribution in [1.82, 2.24) is 19.9 Å². The van der Waals surface area contributed by atoms with Gasteiger partial charge in [-0.05, 0) is 72.8 Å². The summed E-state index contributed by atoms with van der Waals surface area (Å²) in [7, 11) is 0. The van der Waals surface area contributed by atoms with Crippen molar-refractivity contribution in [2.75, 3.05) is 4.90 Å². The molecular weight excluding hydrogens is 526 g/mol. The van der Waals surface area contributed by atoms with Crippen molar-refractivity contribution in [3.63, 3.8) is 0 Å². The van der Waals surface area contributed by atoms with Gasteiger partial charge in [0.1, 0.15) is 0 Å². The van der Waals surface area contributed by atoms with Crippen LogP contribution in [0.15, 0.2) is 164 Å². The van der Waals surface area contributed by atoms with Gasteiger partial charge in [-0.25, -0.2) is 9.97 Å². The van der Waals surface area contributed by atoms with E-state index in [0.29, 0.717) is 0 Å². The average molecular weight is 554 g/mol. The van der Waals surface area contributed by atoms with Gasteiger partial charge < -0.3 is 4.90 Å². The minimum absolute atomic E-state index is 0.829. The molecule has 4 aromatic heterocycles. The predicted octanol–water partition coefficient (Wildman–Crippen LogP) is 9.40. The molecule has 0 aliphatic carbocycles. The zero-order valence-electron chi connectivity index (χ0n) is 23.3. The molecule has 4 heterocycles. The summed E-state index contributed by atoms with van der Waals surface area (Å²) in [5.74, 6) is 0. The van der Waals surface area contributed by atoms with E-state index < -0.39 is 0 Å². The highest BCUT2D eigenvalue weighted by atomic mass is 15.1. The summed E-state index contributed by atoms with van der Waals surface area (Å²) in [6.45, 7) is 0. The van der Waals surface area contributed by atoms with Crippen molar-refractivity contribution < 1.29 is 0 Å². The van der Waals surface area contributed by atoms with Gasteiger partial charge in [-0.3, -0.25) is 9.97 Å². The quantitative estimate of drug-likeness (QED) is 0.197. The van der Waals surface area contributed by atoms with E-state index in [-0.39, 0.29) is 0 Å². The monoisotopic (exact) mass is 553 g/mol. The van der Waals surface area contributed by atoms with E-state index in [1.165, 1.54) is 0 Å². The molecule has 0 aliphatic heterocycles. The highest BCUT2D eigenvalue weighted by molar-refractivity contribution is 5.92. The Kier molecular flexibility index (Phi) is 7.19. The van der Waals surface area contributed by atoms with Crippen LogP contribution in [-0.2, 0) is 0 Å². The van der Waals surface area contributed by atoms with Crippen LogP contribution in [0.3, 0.4) is 0 Å². The number of anilines is 3. The topological polar surface area (TPSA) is 54.8 Å². The van der Waals surface area contributed by atoms with Crippen LogP contribution < -0.4 is 4.90 Å². The van der Waals surface area contributed by atoms with Crippen LogP contribution in [0.1, 0.15) is 0 Å². The van der Waals surface area contributed by atoms with Crippen molar-refractivity contribution >= 4 is 17.1 Å². The second-order valence-electron chi connectivity index (χ2n) is 9.95. The Labute approximate surface area is 250 Å². The first-order chi connectivity index (χ1) is 21.3. The van der Waals surface area contributed by atoms with Crippen molar-refractivity contribution in [3.05, 3.63) is 164 Å². The molecule has 5 nitrogen and oxygen atoms in total. The molecule has 0 bridgehead atoms. The first kappa shape index (κ1) is 26.0. The number of hydrogen-bond acceptors (Lipinski definition) is 5. The van der Waals surface area contributed by atoms with Crippen LogP contribution in [0.2, 0.25) is 0 Å². The Morgan fingerprint density at radius 1 is 0.326 bits per heavy atom. The Bertz CT molecular complexity index is 1850. The Balaban J connectivity index is 1.40. The molecule has 7 aromatic rings. The second kappa shape index (κ2) is 11.9. The van der Waals surface area contributed by atoms with E-state index in [9.17, 15) is 0 Å². The molecule has 204 valence electrons. The highest BCUT2D eigenvalue weighted by Crippen LogP contribution is 2.44. The summed E-state index contributed by atoms with van der Waals surface area (Å²) in [6, 6.07) is 51.1. The third-order valence-electron chi connectivity index (χ3n) is 7.21. The van der Waals surface area contributed by atoms with Gasteiger partial charge >= 0.3 is 0 Å². The minimum Gasteiger partial charge on any atom is -0.309 e. The Morgan fingerprint density at radius 2 is 0.744 bits per heavy atom. The maximum atomic E-state index is 5.06. The largest absolute Gasteiger partial charge is 0.309 e. The molecule has 0 saturated carbocycles. The van der Waals surface area contributed by atoms with Gasteiger partial charge in [0.05, 0.1) is 45.5 Å². The Hall–Kier alpha value is -5.94. The molecule has 0 fully saturated rings. The lowest BCUT2D eigenvalue weighted by Gasteiger charge is -2.29. The van der Waals surface area contributed by atoms with Gasteiger partial charge in [-0.15, -0.1) is 0 Å². The number of rotatable bonds is 7. The zero-order chi connectivity index (χ0) is 28.8. The van der Waals surface area contributed by atoms with Crippen LogP contribution in [0, 0.1) is 0 Å². The summed E-state index contributed by atoms with van der Waals surface area (Å²) in [5.41, 5.74) is 10.1. The van der Waals surface area contributed by atoms with Crippen molar-refractivity contribution in [2.45, 2.75) is 0 Å². The van der Waals surface area contributed by atoms with Crippen LogP contribution in [-0.4, -0.2) is 19.9 Å². The summed E-state index contributed by atoms with van der Waals surface area (Å²) >= 11 is 0. The molecule has 0 unspecified atom stereocenters. The molecule has 0 saturated heterocycles. The first-order valence-electron chi connectivity index (χ1n) is 14.2. The second-order valence-corrected chi connectivity index (χ2v) is 9.95. The number of pyridine rings is 4. The lowest BCUT2D eigenvalue weighted by molar-refractivity contribution is 1.23. The van der Waals surface area contributed by atoms with Crippen LogP contribution in [0.25, 0.3) is 45.3 Å². The molecule has 0 radical (unpaired) electrons. The maximum absolute atomic E-state index is 5.06. The van der Waals surface area contributed by atoms with Crippen LogP contribution in [0.4, 0.5) is 17.1 Å². The molecule has 5 heteroatoms. The lowest BCUT2D eigenvalue weighted by atomic mass is 10.0. The molecular formula is C38H27N5. The van der Waals surface area contributed by atoms with E-state index >= 15 is 0 Å². The molecule has 0 aliphatic rings. The number of para-hydroxylation sites is 3. The summed E-state index contributed by atoms with van der Waals surface area (Å²) in [6.07, 6.45) is 3.59. The summed E-state index contributed by atoms with van der Waals surface area (Å²) in [4.78, 5) is 21.5. The third kappa shape index (κ3) is 5.39. The first-order valence-corrected chi connectivity index (χ1v) is 14.2. The molecule has 0 amide bonds. The smallest absolute Gasteiger partial charge is 0.0893 e. The number of nitrogens with zero attached hydrogens (tertiary/aromatic N) is 5. The molecule has 7 rings (SSSR count). The van der Waals surface area contributed by atoms with Gasteiger partial charge in [0.15, 0.2) is 0 Å². The molecule has 0 spiro atoms. The fourth-order valence-electron chi connectivity index (χ4n) is 5.24. The average Bonchev–Trinajstić information content (AvgIpc) is 3.10. The van der Waals surface area contributed by atoms with E-state index in [1.807, 2.05) is 66.7 Å². The van der Waals surface area contributed by atoms with Crippen molar-refractivity contribution in [2.24, 2.45) is 0 Å². The third-order valence-corrected chi connectivity index (χ3v) is 7.21. The fraction of sp³-hybridized carbons (Fsp3) is 0. The lowest BCUT2D eigenvalue weighted by Crippen LogP contribution is -2.12. The van der Waals surface area contributed by atoms with E-state index in [2.05, 4.69) is 99.8 Å². The minimum atomic E-state index is 0.829. The number of benzene rings is 3. The molecule has 3 aromatic carbocycles. The van der Waals surface area contributed by atoms with Crippen LogP contribution in [0.5, 0.6) is 0 Å². The summed E-state index contributed by atoms with van der Waals surface area (Å²) < 4.78 is 0. The van der Waals surface area contributed by atoms with Crippen molar-refractivity contribution in [1.29, 1.82) is 0 Å².